The van der Waals surface area contributed by atoms with E-state index in [1.165, 1.54) is 17.8 Å². The van der Waals surface area contributed by atoms with Crippen LogP contribution in [0.3, 0.4) is 0 Å². The van der Waals surface area contributed by atoms with Crippen molar-refractivity contribution in [1.82, 2.24) is 5.32 Å². The monoisotopic (exact) mass is 302 g/mol. The summed E-state index contributed by atoms with van der Waals surface area (Å²) in [7, 11) is 0. The second kappa shape index (κ2) is 7.20. The molecule has 0 saturated heterocycles. The minimum Gasteiger partial charge on any atom is -0.395 e. The molecular weight excluding hydrogens is 287 g/mol. The van der Waals surface area contributed by atoms with Gasteiger partial charge >= 0.3 is 5.69 Å². The largest absolute Gasteiger partial charge is 0.395 e. The molecule has 2 atom stereocenters. The van der Waals surface area contributed by atoms with E-state index in [1.54, 1.807) is 13.2 Å². The number of nitro groups is 1. The van der Waals surface area contributed by atoms with Crippen LogP contribution in [0.4, 0.5) is 10.1 Å². The standard InChI is InChI=1S/C12H15FN2O4S/c1-7(11(6-16)20-2)14-12(17)8-3-4-10(15(18)19)9(13)5-8/h3-5,7,11,16H,6H2,1-2H3,(H,14,17). The second-order valence-corrected chi connectivity index (χ2v) is 5.22. The zero-order valence-electron chi connectivity index (χ0n) is 11.0. The summed E-state index contributed by atoms with van der Waals surface area (Å²) in [6.45, 7) is 1.62. The average Bonchev–Trinajstić information content (AvgIpc) is 2.39. The molecule has 1 amide bonds. The van der Waals surface area contributed by atoms with E-state index in [4.69, 9.17) is 5.11 Å². The van der Waals surface area contributed by atoms with Crippen molar-refractivity contribution in [2.75, 3.05) is 12.9 Å². The Kier molecular flexibility index (Phi) is 5.90. The van der Waals surface area contributed by atoms with Crippen molar-refractivity contribution >= 4 is 23.4 Å². The molecule has 0 aliphatic carbocycles. The van der Waals surface area contributed by atoms with Crippen LogP contribution in [0.1, 0.15) is 17.3 Å². The van der Waals surface area contributed by atoms with E-state index in [2.05, 4.69) is 5.32 Å². The molecule has 1 aromatic carbocycles. The first kappa shape index (κ1) is 16.4. The number of carbonyl (C=O) groups is 1. The van der Waals surface area contributed by atoms with Gasteiger partial charge in [0, 0.05) is 22.9 Å². The van der Waals surface area contributed by atoms with Crippen molar-refractivity contribution in [3.05, 3.63) is 39.7 Å². The summed E-state index contributed by atoms with van der Waals surface area (Å²) < 4.78 is 13.4. The van der Waals surface area contributed by atoms with Crippen LogP contribution in [0.5, 0.6) is 0 Å². The lowest BCUT2D eigenvalue weighted by Gasteiger charge is -2.21. The normalized spacial score (nSPS) is 13.6. The lowest BCUT2D eigenvalue weighted by molar-refractivity contribution is -0.387. The van der Waals surface area contributed by atoms with Crippen molar-refractivity contribution < 1.29 is 19.2 Å². The van der Waals surface area contributed by atoms with E-state index < -0.39 is 22.3 Å². The molecule has 0 bridgehead atoms. The number of amides is 1. The van der Waals surface area contributed by atoms with Gasteiger partial charge in [0.2, 0.25) is 5.82 Å². The van der Waals surface area contributed by atoms with E-state index in [0.29, 0.717) is 0 Å². The Bertz CT molecular complexity index is 508. The van der Waals surface area contributed by atoms with Crippen LogP contribution in [0.25, 0.3) is 0 Å². The number of benzene rings is 1. The number of thioether (sulfide) groups is 1. The topological polar surface area (TPSA) is 92.5 Å². The summed E-state index contributed by atoms with van der Waals surface area (Å²) in [6.07, 6.45) is 1.80. The molecule has 1 aromatic rings. The highest BCUT2D eigenvalue weighted by Crippen LogP contribution is 2.18. The number of hydrogen-bond donors (Lipinski definition) is 2. The van der Waals surface area contributed by atoms with E-state index in [0.717, 1.165) is 12.1 Å². The molecule has 0 aliphatic rings. The van der Waals surface area contributed by atoms with Crippen molar-refractivity contribution in [2.45, 2.75) is 18.2 Å². The Hall–Kier alpha value is -1.67. The predicted molar refractivity (Wildman–Crippen MR) is 74.4 cm³/mol. The van der Waals surface area contributed by atoms with Crippen LogP contribution in [-0.4, -0.2) is 40.1 Å². The van der Waals surface area contributed by atoms with Crippen molar-refractivity contribution in [1.29, 1.82) is 0 Å². The first-order valence-corrected chi connectivity index (χ1v) is 7.08. The van der Waals surface area contributed by atoms with Gasteiger partial charge in [-0.2, -0.15) is 16.2 Å². The molecule has 0 heterocycles. The Labute approximate surface area is 119 Å². The highest BCUT2D eigenvalue weighted by molar-refractivity contribution is 7.99. The van der Waals surface area contributed by atoms with Crippen molar-refractivity contribution in [2.24, 2.45) is 0 Å². The molecule has 0 radical (unpaired) electrons. The van der Waals surface area contributed by atoms with Gasteiger partial charge in [-0.25, -0.2) is 0 Å². The molecule has 20 heavy (non-hydrogen) atoms. The first-order chi connectivity index (χ1) is 9.40. The number of carbonyl (C=O) groups excluding carboxylic acids is 1. The number of nitrogens with one attached hydrogen (secondary N) is 1. The lowest BCUT2D eigenvalue weighted by Crippen LogP contribution is -2.41. The molecule has 0 aromatic heterocycles. The van der Waals surface area contributed by atoms with Gasteiger partial charge in [-0.3, -0.25) is 14.9 Å². The molecule has 2 unspecified atom stereocenters. The number of aliphatic hydroxyl groups excluding tert-OH is 1. The Morgan fingerprint density at radius 3 is 2.70 bits per heavy atom. The third-order valence-corrected chi connectivity index (χ3v) is 3.97. The van der Waals surface area contributed by atoms with E-state index in [-0.39, 0.29) is 23.5 Å². The van der Waals surface area contributed by atoms with Gasteiger partial charge in [0.1, 0.15) is 0 Å². The summed E-state index contributed by atoms with van der Waals surface area (Å²) in [5.41, 5.74) is -0.676. The summed E-state index contributed by atoms with van der Waals surface area (Å²) in [6, 6.07) is 2.65. The average molecular weight is 302 g/mol. The molecule has 110 valence electrons. The second-order valence-electron chi connectivity index (χ2n) is 4.14. The molecule has 0 spiro atoms. The number of halogens is 1. The quantitative estimate of drug-likeness (QED) is 0.615. The molecule has 0 aliphatic heterocycles. The lowest BCUT2D eigenvalue weighted by atomic mass is 10.1. The third kappa shape index (κ3) is 3.91. The number of nitrogens with zero attached hydrogens (tertiary/aromatic N) is 1. The van der Waals surface area contributed by atoms with Gasteiger partial charge in [0.05, 0.1) is 11.5 Å². The van der Waals surface area contributed by atoms with E-state index >= 15 is 0 Å². The van der Waals surface area contributed by atoms with Crippen molar-refractivity contribution in [3.63, 3.8) is 0 Å². The molecule has 8 heteroatoms. The molecular formula is C12H15FN2O4S. The van der Waals surface area contributed by atoms with Crippen LogP contribution in [0, 0.1) is 15.9 Å². The predicted octanol–water partition coefficient (Wildman–Crippen LogP) is 1.58. The Balaban J connectivity index is 2.83. The van der Waals surface area contributed by atoms with Crippen LogP contribution in [0.2, 0.25) is 0 Å². The maximum atomic E-state index is 13.4. The summed E-state index contributed by atoms with van der Waals surface area (Å²) in [5, 5.41) is 22.0. The zero-order valence-corrected chi connectivity index (χ0v) is 11.8. The van der Waals surface area contributed by atoms with E-state index in [9.17, 15) is 19.3 Å². The molecule has 0 saturated carbocycles. The summed E-state index contributed by atoms with van der Waals surface area (Å²) >= 11 is 1.40. The maximum absolute atomic E-state index is 13.4. The van der Waals surface area contributed by atoms with Crippen LogP contribution in [0.15, 0.2) is 18.2 Å². The Morgan fingerprint density at radius 2 is 2.25 bits per heavy atom. The zero-order chi connectivity index (χ0) is 15.3. The minimum atomic E-state index is -1.06. The Morgan fingerprint density at radius 1 is 1.60 bits per heavy atom. The fraction of sp³-hybridized carbons (Fsp3) is 0.417. The fourth-order valence-corrected chi connectivity index (χ4v) is 2.24. The SMILES string of the molecule is CSC(CO)C(C)NC(=O)c1ccc([N+](=O)[O-])c(F)c1. The molecule has 0 fully saturated rings. The van der Waals surface area contributed by atoms with Crippen molar-refractivity contribution in [3.8, 4) is 0 Å². The van der Waals surface area contributed by atoms with Gasteiger partial charge in [-0.1, -0.05) is 0 Å². The number of hydrogen-bond acceptors (Lipinski definition) is 5. The van der Waals surface area contributed by atoms with Gasteiger partial charge in [0.15, 0.2) is 0 Å². The smallest absolute Gasteiger partial charge is 0.304 e. The highest BCUT2D eigenvalue weighted by atomic mass is 32.2. The summed E-state index contributed by atoms with van der Waals surface area (Å²) in [4.78, 5) is 21.5. The fourth-order valence-electron chi connectivity index (χ4n) is 1.62. The highest BCUT2D eigenvalue weighted by Gasteiger charge is 2.20. The minimum absolute atomic E-state index is 0.00209. The third-order valence-electron chi connectivity index (χ3n) is 2.81. The molecule has 6 nitrogen and oxygen atoms in total. The molecule has 2 N–H and O–H groups in total. The van der Waals surface area contributed by atoms with Crippen LogP contribution < -0.4 is 5.32 Å². The first-order valence-electron chi connectivity index (χ1n) is 5.79. The molecule has 1 rings (SSSR count). The van der Waals surface area contributed by atoms with Gasteiger partial charge in [-0.05, 0) is 25.3 Å². The van der Waals surface area contributed by atoms with Gasteiger partial charge in [-0.15, -0.1) is 0 Å². The van der Waals surface area contributed by atoms with Crippen LogP contribution in [-0.2, 0) is 0 Å². The number of rotatable bonds is 6. The van der Waals surface area contributed by atoms with E-state index in [1.807, 2.05) is 0 Å². The maximum Gasteiger partial charge on any atom is 0.304 e. The number of aliphatic hydroxyl groups is 1. The van der Waals surface area contributed by atoms with Gasteiger partial charge < -0.3 is 10.4 Å². The number of nitro benzene ring substituents is 1. The van der Waals surface area contributed by atoms with Gasteiger partial charge in [0.25, 0.3) is 5.91 Å². The van der Waals surface area contributed by atoms with Crippen LogP contribution >= 0.6 is 11.8 Å². The summed E-state index contributed by atoms with van der Waals surface area (Å²) in [5.74, 6) is -1.60.